The largest absolute Gasteiger partial charge is 0.326 e. The second-order valence-electron chi connectivity index (χ2n) is 6.82. The third kappa shape index (κ3) is 4.07. The molecule has 0 bridgehead atoms. The molecular weight excluding hydrogens is 346 g/mol. The highest BCUT2D eigenvalue weighted by molar-refractivity contribution is 8.00. The first-order valence-electron chi connectivity index (χ1n) is 8.68. The fraction of sp³-hybridized carbons (Fsp3) is 0.350. The zero-order chi connectivity index (χ0) is 18.7. The van der Waals surface area contributed by atoms with E-state index < -0.39 is 0 Å². The Morgan fingerprint density at radius 3 is 2.69 bits per heavy atom. The summed E-state index contributed by atoms with van der Waals surface area (Å²) in [6, 6.07) is 9.73. The van der Waals surface area contributed by atoms with Gasteiger partial charge in [0, 0.05) is 37.1 Å². The van der Waals surface area contributed by atoms with Gasteiger partial charge in [-0.15, -0.1) is 11.8 Å². The van der Waals surface area contributed by atoms with Crippen molar-refractivity contribution in [3.8, 4) is 11.1 Å². The minimum Gasteiger partial charge on any atom is -0.326 e. The van der Waals surface area contributed by atoms with Gasteiger partial charge in [-0.3, -0.25) is 14.6 Å². The minimum absolute atomic E-state index is 0.0105. The Labute approximate surface area is 158 Å². The standard InChI is InChI=1S/C20H23N3O2S/c1-13(2)11-23-19(25)12-26-20(23)18-10-21-9-8-17(18)15-4-6-16(7-5-15)22-14(3)24/h4-10,13,20H,11-12H2,1-3H3,(H,22,24). The summed E-state index contributed by atoms with van der Waals surface area (Å²) < 4.78 is 0. The molecule has 1 aromatic heterocycles. The number of pyridine rings is 1. The van der Waals surface area contributed by atoms with E-state index in [1.165, 1.54) is 6.92 Å². The first-order chi connectivity index (χ1) is 12.5. The number of aromatic nitrogens is 1. The molecule has 3 rings (SSSR count). The van der Waals surface area contributed by atoms with Crippen LogP contribution in [-0.2, 0) is 9.59 Å². The lowest BCUT2D eigenvalue weighted by Crippen LogP contribution is -2.31. The second kappa shape index (κ2) is 7.91. The van der Waals surface area contributed by atoms with Crippen LogP contribution in [0.3, 0.4) is 0 Å². The van der Waals surface area contributed by atoms with Gasteiger partial charge in [0.15, 0.2) is 0 Å². The van der Waals surface area contributed by atoms with Crippen LogP contribution in [0.2, 0.25) is 0 Å². The fourth-order valence-electron chi connectivity index (χ4n) is 3.11. The Kier molecular flexibility index (Phi) is 5.61. The number of nitrogens with one attached hydrogen (secondary N) is 1. The number of anilines is 1. The summed E-state index contributed by atoms with van der Waals surface area (Å²) in [5.41, 5.74) is 3.93. The number of hydrogen-bond donors (Lipinski definition) is 1. The number of nitrogens with zero attached hydrogens (tertiary/aromatic N) is 2. The van der Waals surface area contributed by atoms with Gasteiger partial charge in [0.05, 0.1) is 5.75 Å². The Bertz CT molecular complexity index is 805. The van der Waals surface area contributed by atoms with Gasteiger partial charge in [0.2, 0.25) is 11.8 Å². The number of hydrogen-bond acceptors (Lipinski definition) is 4. The maximum absolute atomic E-state index is 12.3. The molecule has 2 heterocycles. The Hall–Kier alpha value is -2.34. The van der Waals surface area contributed by atoms with Crippen molar-refractivity contribution >= 4 is 29.3 Å². The van der Waals surface area contributed by atoms with Crippen molar-refractivity contribution in [1.29, 1.82) is 0 Å². The Morgan fingerprint density at radius 1 is 1.31 bits per heavy atom. The van der Waals surface area contributed by atoms with Gasteiger partial charge in [0.1, 0.15) is 5.37 Å². The van der Waals surface area contributed by atoms with E-state index in [0.717, 1.165) is 28.9 Å². The summed E-state index contributed by atoms with van der Waals surface area (Å²) in [6.07, 6.45) is 3.63. The first-order valence-corrected chi connectivity index (χ1v) is 9.73. The van der Waals surface area contributed by atoms with Crippen molar-refractivity contribution in [2.45, 2.75) is 26.1 Å². The van der Waals surface area contributed by atoms with Gasteiger partial charge < -0.3 is 10.2 Å². The third-order valence-electron chi connectivity index (χ3n) is 4.16. The van der Waals surface area contributed by atoms with Crippen LogP contribution in [0.25, 0.3) is 11.1 Å². The van der Waals surface area contributed by atoms with Crippen molar-refractivity contribution in [1.82, 2.24) is 9.88 Å². The summed E-state index contributed by atoms with van der Waals surface area (Å²) in [6.45, 7) is 6.48. The average Bonchev–Trinajstić information content (AvgIpc) is 2.95. The maximum atomic E-state index is 12.3. The molecule has 26 heavy (non-hydrogen) atoms. The minimum atomic E-state index is -0.0902. The number of thioether (sulfide) groups is 1. The van der Waals surface area contributed by atoms with Gasteiger partial charge in [-0.2, -0.15) is 0 Å². The zero-order valence-corrected chi connectivity index (χ0v) is 16.0. The van der Waals surface area contributed by atoms with Gasteiger partial charge in [-0.25, -0.2) is 0 Å². The molecule has 0 aliphatic carbocycles. The van der Waals surface area contributed by atoms with Crippen LogP contribution in [0, 0.1) is 5.92 Å². The summed E-state index contributed by atoms with van der Waals surface area (Å²) in [5.74, 6) is 1.02. The lowest BCUT2D eigenvalue weighted by molar-refractivity contribution is -0.128. The molecule has 2 aromatic rings. The van der Waals surface area contributed by atoms with Crippen LogP contribution in [0.4, 0.5) is 5.69 Å². The predicted octanol–water partition coefficient (Wildman–Crippen LogP) is 3.94. The van der Waals surface area contributed by atoms with Crippen LogP contribution in [-0.4, -0.2) is 34.0 Å². The van der Waals surface area contributed by atoms with Crippen LogP contribution in [0.5, 0.6) is 0 Å². The smallest absolute Gasteiger partial charge is 0.233 e. The molecule has 136 valence electrons. The van der Waals surface area contributed by atoms with Crippen molar-refractivity contribution in [2.75, 3.05) is 17.6 Å². The summed E-state index contributed by atoms with van der Waals surface area (Å²) in [5, 5.41) is 2.77. The van der Waals surface area contributed by atoms with E-state index in [2.05, 4.69) is 24.1 Å². The van der Waals surface area contributed by atoms with E-state index in [1.807, 2.05) is 41.4 Å². The average molecular weight is 369 g/mol. The second-order valence-corrected chi connectivity index (χ2v) is 7.89. The predicted molar refractivity (Wildman–Crippen MR) is 106 cm³/mol. The molecule has 5 nitrogen and oxygen atoms in total. The van der Waals surface area contributed by atoms with Crippen LogP contribution < -0.4 is 5.32 Å². The van der Waals surface area contributed by atoms with E-state index in [9.17, 15) is 9.59 Å². The molecule has 0 saturated carbocycles. The highest BCUT2D eigenvalue weighted by Gasteiger charge is 2.34. The molecule has 1 aliphatic heterocycles. The number of amides is 2. The molecule has 1 aromatic carbocycles. The Morgan fingerprint density at radius 2 is 2.04 bits per heavy atom. The van der Waals surface area contributed by atoms with Crippen molar-refractivity contribution in [3.05, 3.63) is 48.3 Å². The SMILES string of the molecule is CC(=O)Nc1ccc(-c2ccncc2C2SCC(=O)N2CC(C)C)cc1. The Balaban J connectivity index is 1.93. The van der Waals surface area contributed by atoms with Crippen molar-refractivity contribution in [2.24, 2.45) is 5.92 Å². The highest BCUT2D eigenvalue weighted by Crippen LogP contribution is 2.42. The molecule has 1 N–H and O–H groups in total. The molecule has 0 spiro atoms. The number of rotatable bonds is 5. The van der Waals surface area contributed by atoms with E-state index in [0.29, 0.717) is 11.7 Å². The van der Waals surface area contributed by atoms with Gasteiger partial charge in [-0.1, -0.05) is 26.0 Å². The summed E-state index contributed by atoms with van der Waals surface area (Å²) in [7, 11) is 0. The van der Waals surface area contributed by atoms with E-state index >= 15 is 0 Å². The molecule has 2 amide bonds. The molecule has 1 saturated heterocycles. The quantitative estimate of drug-likeness (QED) is 0.867. The molecule has 1 unspecified atom stereocenters. The van der Waals surface area contributed by atoms with Crippen molar-refractivity contribution < 1.29 is 9.59 Å². The highest BCUT2D eigenvalue weighted by atomic mass is 32.2. The third-order valence-corrected chi connectivity index (χ3v) is 5.40. The summed E-state index contributed by atoms with van der Waals surface area (Å²) >= 11 is 1.65. The number of carbonyl (C=O) groups is 2. The molecular formula is C20H23N3O2S. The lowest BCUT2D eigenvalue weighted by Gasteiger charge is -2.27. The number of carbonyl (C=O) groups excluding carboxylic acids is 2. The normalized spacial score (nSPS) is 17.0. The number of benzene rings is 1. The first kappa shape index (κ1) is 18.5. The van der Waals surface area contributed by atoms with E-state index in [-0.39, 0.29) is 17.2 Å². The fourth-order valence-corrected chi connectivity index (χ4v) is 4.32. The molecule has 1 fully saturated rings. The van der Waals surface area contributed by atoms with Crippen molar-refractivity contribution in [3.63, 3.8) is 0 Å². The molecule has 1 atom stereocenters. The van der Waals surface area contributed by atoms with Gasteiger partial charge in [0.25, 0.3) is 0 Å². The zero-order valence-electron chi connectivity index (χ0n) is 15.2. The lowest BCUT2D eigenvalue weighted by atomic mass is 10.0. The van der Waals surface area contributed by atoms with Gasteiger partial charge >= 0.3 is 0 Å². The van der Waals surface area contributed by atoms with E-state index in [4.69, 9.17) is 0 Å². The summed E-state index contributed by atoms with van der Waals surface area (Å²) in [4.78, 5) is 29.8. The molecule has 0 radical (unpaired) electrons. The van der Waals surface area contributed by atoms with Gasteiger partial charge in [-0.05, 0) is 35.2 Å². The van der Waals surface area contributed by atoms with Crippen LogP contribution >= 0.6 is 11.8 Å². The maximum Gasteiger partial charge on any atom is 0.233 e. The van der Waals surface area contributed by atoms with E-state index in [1.54, 1.807) is 18.0 Å². The molecule has 1 aliphatic rings. The van der Waals surface area contributed by atoms with Crippen LogP contribution in [0.15, 0.2) is 42.7 Å². The van der Waals surface area contributed by atoms with Crippen LogP contribution in [0.1, 0.15) is 31.7 Å². The molecule has 6 heteroatoms. The topological polar surface area (TPSA) is 62.3 Å². The monoisotopic (exact) mass is 369 g/mol.